The van der Waals surface area contributed by atoms with Crippen molar-refractivity contribution in [1.82, 2.24) is 5.32 Å². The van der Waals surface area contributed by atoms with Crippen LogP contribution in [0.4, 0.5) is 0 Å². The standard InChI is InChI=1S/C13H21NO2/c1-5-14-7-6-11-9-13(16-4)12(15-3)8-10(11)2/h8-9,14H,5-7H2,1-4H3. The molecular weight excluding hydrogens is 202 g/mol. The smallest absolute Gasteiger partial charge is 0.161 e. The predicted molar refractivity (Wildman–Crippen MR) is 66.5 cm³/mol. The van der Waals surface area contributed by atoms with Crippen molar-refractivity contribution >= 4 is 0 Å². The molecule has 1 N–H and O–H groups in total. The summed E-state index contributed by atoms with van der Waals surface area (Å²) in [5.74, 6) is 1.60. The lowest BCUT2D eigenvalue weighted by Gasteiger charge is -2.12. The number of likely N-dealkylation sites (N-methyl/N-ethyl adjacent to an activating group) is 1. The maximum Gasteiger partial charge on any atom is 0.161 e. The third-order valence-electron chi connectivity index (χ3n) is 2.66. The van der Waals surface area contributed by atoms with Gasteiger partial charge in [0.2, 0.25) is 0 Å². The molecule has 0 amide bonds. The highest BCUT2D eigenvalue weighted by molar-refractivity contribution is 5.47. The van der Waals surface area contributed by atoms with Crippen LogP contribution in [-0.4, -0.2) is 27.3 Å². The molecule has 0 saturated carbocycles. The molecule has 16 heavy (non-hydrogen) atoms. The average molecular weight is 223 g/mol. The van der Waals surface area contributed by atoms with Crippen molar-refractivity contribution in [2.45, 2.75) is 20.3 Å². The van der Waals surface area contributed by atoms with E-state index in [1.54, 1.807) is 14.2 Å². The first kappa shape index (κ1) is 12.8. The number of hydrogen-bond acceptors (Lipinski definition) is 3. The minimum absolute atomic E-state index is 0.798. The first-order valence-electron chi connectivity index (χ1n) is 5.65. The second kappa shape index (κ2) is 6.38. The van der Waals surface area contributed by atoms with Gasteiger partial charge in [0.15, 0.2) is 11.5 Å². The van der Waals surface area contributed by atoms with Gasteiger partial charge in [-0.2, -0.15) is 0 Å². The van der Waals surface area contributed by atoms with E-state index in [4.69, 9.17) is 9.47 Å². The Kier molecular flexibility index (Phi) is 5.12. The molecule has 0 heterocycles. The lowest BCUT2D eigenvalue weighted by Crippen LogP contribution is -2.16. The molecule has 0 aromatic heterocycles. The lowest BCUT2D eigenvalue weighted by atomic mass is 10.0. The van der Waals surface area contributed by atoms with Crippen molar-refractivity contribution in [1.29, 1.82) is 0 Å². The summed E-state index contributed by atoms with van der Waals surface area (Å²) in [7, 11) is 3.33. The molecule has 0 aliphatic carbocycles. The summed E-state index contributed by atoms with van der Waals surface area (Å²) < 4.78 is 10.5. The third kappa shape index (κ3) is 3.14. The van der Waals surface area contributed by atoms with Gasteiger partial charge in [-0.3, -0.25) is 0 Å². The monoisotopic (exact) mass is 223 g/mol. The van der Waals surface area contributed by atoms with E-state index in [0.29, 0.717) is 0 Å². The minimum atomic E-state index is 0.798. The van der Waals surface area contributed by atoms with E-state index < -0.39 is 0 Å². The summed E-state index contributed by atoms with van der Waals surface area (Å²) in [6.45, 7) is 6.21. The normalized spacial score (nSPS) is 10.2. The number of hydrogen-bond donors (Lipinski definition) is 1. The van der Waals surface area contributed by atoms with Gasteiger partial charge in [0.05, 0.1) is 14.2 Å². The Morgan fingerprint density at radius 1 is 1.12 bits per heavy atom. The van der Waals surface area contributed by atoms with Gasteiger partial charge in [0, 0.05) is 0 Å². The van der Waals surface area contributed by atoms with Gasteiger partial charge in [-0.1, -0.05) is 6.92 Å². The van der Waals surface area contributed by atoms with E-state index in [9.17, 15) is 0 Å². The zero-order valence-corrected chi connectivity index (χ0v) is 10.6. The Hall–Kier alpha value is -1.22. The van der Waals surface area contributed by atoms with Crippen LogP contribution in [0, 0.1) is 6.92 Å². The second-order valence-electron chi connectivity index (χ2n) is 3.74. The fourth-order valence-electron chi connectivity index (χ4n) is 1.69. The highest BCUT2D eigenvalue weighted by Gasteiger charge is 2.07. The first-order valence-corrected chi connectivity index (χ1v) is 5.65. The number of aryl methyl sites for hydroxylation is 1. The SMILES string of the molecule is CCNCCc1cc(OC)c(OC)cc1C. The van der Waals surface area contributed by atoms with Gasteiger partial charge < -0.3 is 14.8 Å². The molecule has 0 atom stereocenters. The van der Waals surface area contributed by atoms with E-state index in [0.717, 1.165) is 31.0 Å². The Bertz CT molecular complexity index is 337. The molecule has 1 aromatic rings. The molecule has 1 rings (SSSR count). The number of rotatable bonds is 6. The maximum atomic E-state index is 5.29. The van der Waals surface area contributed by atoms with Crippen LogP contribution >= 0.6 is 0 Å². The predicted octanol–water partition coefficient (Wildman–Crippen LogP) is 2.16. The Balaban J connectivity index is 2.84. The minimum Gasteiger partial charge on any atom is -0.493 e. The third-order valence-corrected chi connectivity index (χ3v) is 2.66. The Labute approximate surface area is 97.8 Å². The van der Waals surface area contributed by atoms with Crippen molar-refractivity contribution in [2.75, 3.05) is 27.3 Å². The van der Waals surface area contributed by atoms with Crippen LogP contribution in [0.3, 0.4) is 0 Å². The van der Waals surface area contributed by atoms with Crippen molar-refractivity contribution in [3.05, 3.63) is 23.3 Å². The highest BCUT2D eigenvalue weighted by Crippen LogP contribution is 2.30. The van der Waals surface area contributed by atoms with Crippen LogP contribution in [0.5, 0.6) is 11.5 Å². The van der Waals surface area contributed by atoms with E-state index in [1.807, 2.05) is 6.07 Å². The number of nitrogens with one attached hydrogen (secondary N) is 1. The van der Waals surface area contributed by atoms with Crippen molar-refractivity contribution in [2.24, 2.45) is 0 Å². The topological polar surface area (TPSA) is 30.5 Å². The fraction of sp³-hybridized carbons (Fsp3) is 0.538. The fourth-order valence-corrected chi connectivity index (χ4v) is 1.69. The molecule has 1 aromatic carbocycles. The van der Waals surface area contributed by atoms with E-state index in [2.05, 4.69) is 25.2 Å². The molecule has 0 aliphatic rings. The quantitative estimate of drug-likeness (QED) is 0.750. The number of methoxy groups -OCH3 is 2. The molecule has 0 radical (unpaired) electrons. The zero-order valence-electron chi connectivity index (χ0n) is 10.6. The Morgan fingerprint density at radius 2 is 1.75 bits per heavy atom. The molecular formula is C13H21NO2. The van der Waals surface area contributed by atoms with Crippen molar-refractivity contribution < 1.29 is 9.47 Å². The van der Waals surface area contributed by atoms with E-state index in [-0.39, 0.29) is 0 Å². The first-order chi connectivity index (χ1) is 7.72. The molecule has 90 valence electrons. The van der Waals surface area contributed by atoms with Crippen molar-refractivity contribution in [3.8, 4) is 11.5 Å². The van der Waals surface area contributed by atoms with Gasteiger partial charge in [-0.15, -0.1) is 0 Å². The second-order valence-corrected chi connectivity index (χ2v) is 3.74. The largest absolute Gasteiger partial charge is 0.493 e. The van der Waals surface area contributed by atoms with Gasteiger partial charge in [-0.25, -0.2) is 0 Å². The van der Waals surface area contributed by atoms with Gasteiger partial charge in [0.1, 0.15) is 0 Å². The van der Waals surface area contributed by atoms with Crippen molar-refractivity contribution in [3.63, 3.8) is 0 Å². The summed E-state index contributed by atoms with van der Waals surface area (Å²) in [6.07, 6.45) is 1.01. The van der Waals surface area contributed by atoms with Crippen LogP contribution in [0.2, 0.25) is 0 Å². The Morgan fingerprint density at radius 3 is 2.31 bits per heavy atom. The van der Waals surface area contributed by atoms with Gasteiger partial charge in [0.25, 0.3) is 0 Å². The summed E-state index contributed by atoms with van der Waals surface area (Å²) in [6, 6.07) is 4.09. The summed E-state index contributed by atoms with van der Waals surface area (Å²) in [4.78, 5) is 0. The van der Waals surface area contributed by atoms with Gasteiger partial charge in [-0.05, 0) is 49.7 Å². The molecule has 0 aliphatic heterocycles. The van der Waals surface area contributed by atoms with E-state index >= 15 is 0 Å². The maximum absolute atomic E-state index is 5.29. The lowest BCUT2D eigenvalue weighted by molar-refractivity contribution is 0.354. The summed E-state index contributed by atoms with van der Waals surface area (Å²) >= 11 is 0. The van der Waals surface area contributed by atoms with Crippen LogP contribution in [0.1, 0.15) is 18.1 Å². The highest BCUT2D eigenvalue weighted by atomic mass is 16.5. The van der Waals surface area contributed by atoms with Crippen LogP contribution in [-0.2, 0) is 6.42 Å². The molecule has 0 spiro atoms. The summed E-state index contributed by atoms with van der Waals surface area (Å²) in [5.41, 5.74) is 2.55. The summed E-state index contributed by atoms with van der Waals surface area (Å²) in [5, 5.41) is 3.32. The average Bonchev–Trinajstić information content (AvgIpc) is 2.31. The molecule has 0 fully saturated rings. The molecule has 0 saturated heterocycles. The molecule has 0 unspecified atom stereocenters. The van der Waals surface area contributed by atoms with Crippen LogP contribution in [0.15, 0.2) is 12.1 Å². The molecule has 0 bridgehead atoms. The van der Waals surface area contributed by atoms with Crippen LogP contribution < -0.4 is 14.8 Å². The molecule has 3 heteroatoms. The molecule has 3 nitrogen and oxygen atoms in total. The zero-order chi connectivity index (χ0) is 12.0. The van der Waals surface area contributed by atoms with E-state index in [1.165, 1.54) is 11.1 Å². The number of ether oxygens (including phenoxy) is 2. The van der Waals surface area contributed by atoms with Crippen LogP contribution in [0.25, 0.3) is 0 Å². The van der Waals surface area contributed by atoms with Gasteiger partial charge >= 0.3 is 0 Å². The number of benzene rings is 1.